The SMILES string of the molecule is CNC(=O)C1CN(C(=O)c2cc(F)c(F)cc2Cl)c2ccccc2O1. The Balaban J connectivity index is 2.04. The molecule has 25 heavy (non-hydrogen) atoms. The van der Waals surface area contributed by atoms with E-state index in [-0.39, 0.29) is 17.1 Å². The molecule has 1 aliphatic rings. The second-order valence-corrected chi connectivity index (χ2v) is 5.76. The Kier molecular flexibility index (Phi) is 4.59. The normalized spacial score (nSPS) is 16.0. The highest BCUT2D eigenvalue weighted by Crippen LogP contribution is 2.35. The van der Waals surface area contributed by atoms with Crippen molar-refractivity contribution >= 4 is 29.1 Å². The number of halogens is 3. The van der Waals surface area contributed by atoms with Crippen LogP contribution in [0.25, 0.3) is 0 Å². The number of rotatable bonds is 2. The van der Waals surface area contributed by atoms with Crippen molar-refractivity contribution in [2.24, 2.45) is 0 Å². The lowest BCUT2D eigenvalue weighted by molar-refractivity contribution is -0.127. The summed E-state index contributed by atoms with van der Waals surface area (Å²) in [6, 6.07) is 8.10. The standard InChI is InChI=1S/C17H13ClF2N2O3/c1-21-16(23)15-8-22(13-4-2-3-5-14(13)25-15)17(24)9-6-11(19)12(20)7-10(9)18/h2-7,15H,8H2,1H3,(H,21,23). The van der Waals surface area contributed by atoms with Crippen molar-refractivity contribution in [3.8, 4) is 5.75 Å². The van der Waals surface area contributed by atoms with E-state index in [1.54, 1.807) is 24.3 Å². The quantitative estimate of drug-likeness (QED) is 0.831. The summed E-state index contributed by atoms with van der Waals surface area (Å²) in [5.74, 6) is -3.07. The number of carbonyl (C=O) groups excluding carboxylic acids is 2. The smallest absolute Gasteiger partial charge is 0.262 e. The molecule has 5 nitrogen and oxygen atoms in total. The number of hydrogen-bond acceptors (Lipinski definition) is 3. The van der Waals surface area contributed by atoms with Crippen molar-refractivity contribution in [1.82, 2.24) is 5.32 Å². The highest BCUT2D eigenvalue weighted by molar-refractivity contribution is 6.34. The topological polar surface area (TPSA) is 58.6 Å². The summed E-state index contributed by atoms with van der Waals surface area (Å²) < 4.78 is 32.4. The lowest BCUT2D eigenvalue weighted by Gasteiger charge is -2.34. The zero-order valence-corrected chi connectivity index (χ0v) is 13.8. The van der Waals surface area contributed by atoms with E-state index in [1.807, 2.05) is 0 Å². The van der Waals surface area contributed by atoms with Gasteiger partial charge >= 0.3 is 0 Å². The number of fused-ring (bicyclic) bond motifs is 1. The van der Waals surface area contributed by atoms with Gasteiger partial charge in [-0.3, -0.25) is 9.59 Å². The number of ether oxygens (including phenoxy) is 1. The summed E-state index contributed by atoms with van der Waals surface area (Å²) in [6.45, 7) is -0.0924. The molecule has 0 saturated carbocycles. The molecule has 1 N–H and O–H groups in total. The third kappa shape index (κ3) is 3.15. The van der Waals surface area contributed by atoms with Gasteiger partial charge in [-0.05, 0) is 24.3 Å². The van der Waals surface area contributed by atoms with Crippen LogP contribution in [0.2, 0.25) is 5.02 Å². The van der Waals surface area contributed by atoms with Crippen LogP contribution in [0.15, 0.2) is 36.4 Å². The van der Waals surface area contributed by atoms with Crippen LogP contribution < -0.4 is 15.0 Å². The van der Waals surface area contributed by atoms with E-state index >= 15 is 0 Å². The Hall–Kier alpha value is -2.67. The Bertz CT molecular complexity index is 860. The van der Waals surface area contributed by atoms with Crippen LogP contribution in [-0.2, 0) is 4.79 Å². The Morgan fingerprint density at radius 2 is 1.92 bits per heavy atom. The molecule has 0 saturated heterocycles. The number of likely N-dealkylation sites (N-methyl/N-ethyl adjacent to an activating group) is 1. The van der Waals surface area contributed by atoms with Crippen molar-refractivity contribution < 1.29 is 23.1 Å². The van der Waals surface area contributed by atoms with Crippen molar-refractivity contribution in [2.75, 3.05) is 18.5 Å². The minimum Gasteiger partial charge on any atom is -0.477 e. The number of para-hydroxylation sites is 2. The fraction of sp³-hybridized carbons (Fsp3) is 0.176. The van der Waals surface area contributed by atoms with E-state index in [4.69, 9.17) is 16.3 Å². The third-order valence-electron chi connectivity index (χ3n) is 3.80. The maximum absolute atomic E-state index is 13.5. The van der Waals surface area contributed by atoms with E-state index in [9.17, 15) is 18.4 Å². The molecule has 2 aromatic carbocycles. The Morgan fingerprint density at radius 3 is 2.64 bits per heavy atom. The van der Waals surface area contributed by atoms with Crippen LogP contribution in [0.3, 0.4) is 0 Å². The van der Waals surface area contributed by atoms with Crippen molar-refractivity contribution in [3.63, 3.8) is 0 Å². The number of nitrogens with one attached hydrogen (secondary N) is 1. The van der Waals surface area contributed by atoms with Crippen molar-refractivity contribution in [1.29, 1.82) is 0 Å². The van der Waals surface area contributed by atoms with Gasteiger partial charge in [0.2, 0.25) is 0 Å². The van der Waals surface area contributed by atoms with Gasteiger partial charge in [0.05, 0.1) is 22.8 Å². The zero-order chi connectivity index (χ0) is 18.1. The van der Waals surface area contributed by atoms with Gasteiger partial charge in [-0.2, -0.15) is 0 Å². The zero-order valence-electron chi connectivity index (χ0n) is 13.1. The first-order chi connectivity index (χ1) is 11.9. The molecular weight excluding hydrogens is 354 g/mol. The fourth-order valence-corrected chi connectivity index (χ4v) is 2.79. The molecule has 3 rings (SSSR count). The van der Waals surface area contributed by atoms with Crippen LogP contribution in [0, 0.1) is 11.6 Å². The van der Waals surface area contributed by atoms with Gasteiger partial charge in [-0.25, -0.2) is 8.78 Å². The summed E-state index contributed by atoms with van der Waals surface area (Å²) in [6.07, 6.45) is -0.937. The molecule has 0 radical (unpaired) electrons. The first-order valence-corrected chi connectivity index (χ1v) is 7.74. The molecule has 1 unspecified atom stereocenters. The number of benzene rings is 2. The lowest BCUT2D eigenvalue weighted by atomic mass is 10.1. The molecule has 0 aliphatic carbocycles. The second kappa shape index (κ2) is 6.68. The van der Waals surface area contributed by atoms with Gasteiger partial charge in [0.1, 0.15) is 5.75 Å². The molecule has 0 bridgehead atoms. The molecule has 130 valence electrons. The molecule has 8 heteroatoms. The van der Waals surface area contributed by atoms with Crippen LogP contribution in [-0.4, -0.2) is 31.5 Å². The molecule has 0 spiro atoms. The summed E-state index contributed by atoms with van der Waals surface area (Å²) >= 11 is 5.90. The van der Waals surface area contributed by atoms with Gasteiger partial charge in [0.15, 0.2) is 17.7 Å². The molecule has 0 aromatic heterocycles. The maximum Gasteiger partial charge on any atom is 0.262 e. The highest BCUT2D eigenvalue weighted by atomic mass is 35.5. The van der Waals surface area contributed by atoms with Gasteiger partial charge in [-0.1, -0.05) is 23.7 Å². The molecule has 1 atom stereocenters. The first-order valence-electron chi connectivity index (χ1n) is 7.36. The van der Waals surface area contributed by atoms with E-state index in [0.717, 1.165) is 12.1 Å². The van der Waals surface area contributed by atoms with Crippen LogP contribution in [0.4, 0.5) is 14.5 Å². The number of nitrogens with zero attached hydrogens (tertiary/aromatic N) is 1. The molecular formula is C17H13ClF2N2O3. The Labute approximate surface area is 147 Å². The minimum atomic E-state index is -1.18. The summed E-state index contributed by atoms with van der Waals surface area (Å²) in [7, 11) is 1.45. The van der Waals surface area contributed by atoms with Gasteiger partial charge in [0.25, 0.3) is 11.8 Å². The van der Waals surface area contributed by atoms with E-state index in [1.165, 1.54) is 11.9 Å². The van der Waals surface area contributed by atoms with Crippen molar-refractivity contribution in [3.05, 3.63) is 58.6 Å². The summed E-state index contributed by atoms with van der Waals surface area (Å²) in [4.78, 5) is 26.1. The number of amides is 2. The molecule has 2 aromatic rings. The van der Waals surface area contributed by atoms with Gasteiger partial charge in [-0.15, -0.1) is 0 Å². The molecule has 2 amide bonds. The van der Waals surface area contributed by atoms with Crippen LogP contribution >= 0.6 is 11.6 Å². The molecule has 1 aliphatic heterocycles. The third-order valence-corrected chi connectivity index (χ3v) is 4.11. The van der Waals surface area contributed by atoms with Crippen LogP contribution in [0.1, 0.15) is 10.4 Å². The summed E-state index contributed by atoms with van der Waals surface area (Å²) in [5, 5.41) is 2.24. The number of hydrogen-bond donors (Lipinski definition) is 1. The van der Waals surface area contributed by atoms with E-state index in [2.05, 4.69) is 5.32 Å². The van der Waals surface area contributed by atoms with Crippen molar-refractivity contribution in [2.45, 2.75) is 6.10 Å². The first kappa shape index (κ1) is 17.2. The molecule has 0 fully saturated rings. The van der Waals surface area contributed by atoms with Gasteiger partial charge in [0, 0.05) is 7.05 Å². The number of carbonyl (C=O) groups is 2. The molecule has 1 heterocycles. The number of anilines is 1. The largest absolute Gasteiger partial charge is 0.477 e. The van der Waals surface area contributed by atoms with Gasteiger partial charge < -0.3 is 15.0 Å². The van der Waals surface area contributed by atoms with E-state index < -0.39 is 29.6 Å². The minimum absolute atomic E-state index is 0.0924. The average molecular weight is 367 g/mol. The monoisotopic (exact) mass is 366 g/mol. The summed E-state index contributed by atoms with van der Waals surface area (Å²) in [5.41, 5.74) is 0.210. The predicted molar refractivity (Wildman–Crippen MR) is 88.0 cm³/mol. The van der Waals surface area contributed by atoms with E-state index in [0.29, 0.717) is 11.4 Å². The Morgan fingerprint density at radius 1 is 1.24 bits per heavy atom. The second-order valence-electron chi connectivity index (χ2n) is 5.35. The highest BCUT2D eigenvalue weighted by Gasteiger charge is 2.34. The lowest BCUT2D eigenvalue weighted by Crippen LogP contribution is -2.50. The predicted octanol–water partition coefficient (Wildman–Crippen LogP) is 2.77. The fourth-order valence-electron chi connectivity index (χ4n) is 2.56. The van der Waals surface area contributed by atoms with Crippen LogP contribution in [0.5, 0.6) is 5.75 Å². The maximum atomic E-state index is 13.5. The average Bonchev–Trinajstić information content (AvgIpc) is 2.62.